The highest BCUT2D eigenvalue weighted by molar-refractivity contribution is 5.96. The van der Waals surface area contributed by atoms with Gasteiger partial charge in [-0.05, 0) is 32.1 Å². The van der Waals surface area contributed by atoms with Gasteiger partial charge >= 0.3 is 0 Å². The number of unbranched alkanes of at least 4 members (excludes halogenated alkanes) is 11. The van der Waals surface area contributed by atoms with Crippen molar-refractivity contribution in [3.63, 3.8) is 0 Å². The van der Waals surface area contributed by atoms with Crippen molar-refractivity contribution in [3.05, 3.63) is 12.2 Å². The molecule has 0 bridgehead atoms. The molecule has 0 atom stereocenters. The molecule has 0 rings (SSSR count). The first-order chi connectivity index (χ1) is 14.6. The largest absolute Gasteiger partial charge is 0.395 e. The minimum absolute atomic E-state index is 0.0131. The lowest BCUT2D eigenvalue weighted by Gasteiger charge is -2.18. The molecule has 0 unspecified atom stereocenters. The van der Waals surface area contributed by atoms with Crippen molar-refractivity contribution in [2.45, 2.75) is 96.8 Å². The Morgan fingerprint density at radius 3 is 1.77 bits per heavy atom. The summed E-state index contributed by atoms with van der Waals surface area (Å²) >= 11 is 0. The van der Waals surface area contributed by atoms with Crippen LogP contribution in [-0.4, -0.2) is 59.8 Å². The molecular formula is C24H46N2O4. The van der Waals surface area contributed by atoms with Gasteiger partial charge in [0.05, 0.1) is 19.8 Å². The molecule has 0 heterocycles. The fourth-order valence-electron chi connectivity index (χ4n) is 3.37. The first-order valence-corrected chi connectivity index (χ1v) is 12.1. The van der Waals surface area contributed by atoms with Gasteiger partial charge in [0.1, 0.15) is 0 Å². The van der Waals surface area contributed by atoms with Crippen molar-refractivity contribution in [2.24, 2.45) is 0 Å². The zero-order valence-electron chi connectivity index (χ0n) is 19.2. The summed E-state index contributed by atoms with van der Waals surface area (Å²) in [5.41, 5.74) is 0. The zero-order chi connectivity index (χ0) is 22.3. The van der Waals surface area contributed by atoms with E-state index in [0.717, 1.165) is 25.7 Å². The Labute approximate surface area is 184 Å². The molecule has 30 heavy (non-hydrogen) atoms. The minimum Gasteiger partial charge on any atom is -0.395 e. The van der Waals surface area contributed by atoms with Crippen LogP contribution in [0.5, 0.6) is 0 Å². The van der Waals surface area contributed by atoms with Crippen molar-refractivity contribution < 1.29 is 19.8 Å². The van der Waals surface area contributed by atoms with E-state index in [4.69, 9.17) is 10.2 Å². The highest BCUT2D eigenvalue weighted by atomic mass is 16.3. The SMILES string of the molecule is CCCCCCCC/C=C\CCCCCCCC(=O)NC(=O)CN(CCO)CCO. The normalized spacial score (nSPS) is 11.5. The Balaban J connectivity index is 3.51. The van der Waals surface area contributed by atoms with Gasteiger partial charge in [-0.1, -0.05) is 70.4 Å². The molecule has 0 radical (unpaired) electrons. The third kappa shape index (κ3) is 20.0. The molecule has 0 saturated carbocycles. The summed E-state index contributed by atoms with van der Waals surface area (Å²) in [5.74, 6) is -0.625. The van der Waals surface area contributed by atoms with E-state index in [9.17, 15) is 9.59 Å². The highest BCUT2D eigenvalue weighted by Crippen LogP contribution is 2.10. The van der Waals surface area contributed by atoms with Gasteiger partial charge in [0, 0.05) is 19.5 Å². The van der Waals surface area contributed by atoms with Gasteiger partial charge in [-0.3, -0.25) is 19.8 Å². The maximum atomic E-state index is 11.8. The molecule has 0 aliphatic heterocycles. The smallest absolute Gasteiger partial charge is 0.240 e. The molecule has 176 valence electrons. The van der Waals surface area contributed by atoms with Crippen LogP contribution in [0.4, 0.5) is 0 Å². The third-order valence-corrected chi connectivity index (χ3v) is 5.14. The number of rotatable bonds is 21. The van der Waals surface area contributed by atoms with E-state index >= 15 is 0 Å². The second-order valence-corrected chi connectivity index (χ2v) is 8.03. The predicted molar refractivity (Wildman–Crippen MR) is 123 cm³/mol. The van der Waals surface area contributed by atoms with Crippen molar-refractivity contribution in [1.82, 2.24) is 10.2 Å². The Bertz CT molecular complexity index is 435. The maximum Gasteiger partial charge on any atom is 0.240 e. The molecule has 0 aromatic carbocycles. The number of nitrogens with one attached hydrogen (secondary N) is 1. The summed E-state index contributed by atoms with van der Waals surface area (Å²) in [6.45, 7) is 2.69. The van der Waals surface area contributed by atoms with Gasteiger partial charge in [-0.25, -0.2) is 0 Å². The number of imide groups is 1. The molecule has 0 aliphatic rings. The lowest BCUT2D eigenvalue weighted by molar-refractivity contribution is -0.131. The monoisotopic (exact) mass is 426 g/mol. The fraction of sp³-hybridized carbons (Fsp3) is 0.833. The van der Waals surface area contributed by atoms with Crippen LogP contribution in [-0.2, 0) is 9.59 Å². The van der Waals surface area contributed by atoms with Crippen LogP contribution in [0.1, 0.15) is 96.8 Å². The summed E-state index contributed by atoms with van der Waals surface area (Å²) in [4.78, 5) is 25.3. The van der Waals surface area contributed by atoms with Gasteiger partial charge in [0.15, 0.2) is 0 Å². The molecule has 0 fully saturated rings. The van der Waals surface area contributed by atoms with E-state index in [1.165, 1.54) is 57.8 Å². The molecular weight excluding hydrogens is 380 g/mol. The van der Waals surface area contributed by atoms with E-state index in [2.05, 4.69) is 24.4 Å². The van der Waals surface area contributed by atoms with Crippen molar-refractivity contribution in [2.75, 3.05) is 32.8 Å². The fourth-order valence-corrected chi connectivity index (χ4v) is 3.37. The van der Waals surface area contributed by atoms with E-state index < -0.39 is 0 Å². The lowest BCUT2D eigenvalue weighted by atomic mass is 10.1. The maximum absolute atomic E-state index is 11.8. The van der Waals surface area contributed by atoms with Crippen molar-refractivity contribution in [3.8, 4) is 0 Å². The molecule has 0 aromatic heterocycles. The van der Waals surface area contributed by atoms with Crippen LogP contribution in [0.2, 0.25) is 0 Å². The summed E-state index contributed by atoms with van der Waals surface area (Å²) in [7, 11) is 0. The molecule has 2 amide bonds. The van der Waals surface area contributed by atoms with Gasteiger partial charge < -0.3 is 10.2 Å². The highest BCUT2D eigenvalue weighted by Gasteiger charge is 2.12. The second-order valence-electron chi connectivity index (χ2n) is 8.03. The quantitative estimate of drug-likeness (QED) is 0.191. The summed E-state index contributed by atoms with van der Waals surface area (Å²) in [6, 6.07) is 0. The van der Waals surface area contributed by atoms with Crippen LogP contribution >= 0.6 is 0 Å². The molecule has 3 N–H and O–H groups in total. The van der Waals surface area contributed by atoms with E-state index in [1.807, 2.05) is 0 Å². The van der Waals surface area contributed by atoms with Crippen molar-refractivity contribution in [1.29, 1.82) is 0 Å². The minimum atomic E-state index is -0.380. The van der Waals surface area contributed by atoms with Gasteiger partial charge in [-0.15, -0.1) is 0 Å². The number of carbonyl (C=O) groups is 2. The Morgan fingerprint density at radius 1 is 0.733 bits per heavy atom. The van der Waals surface area contributed by atoms with Crippen molar-refractivity contribution >= 4 is 11.8 Å². The van der Waals surface area contributed by atoms with Gasteiger partial charge in [0.25, 0.3) is 0 Å². The first kappa shape index (κ1) is 28.8. The number of hydrogen-bond acceptors (Lipinski definition) is 5. The number of amides is 2. The first-order valence-electron chi connectivity index (χ1n) is 12.1. The Kier molecular flexibility index (Phi) is 21.5. The summed E-state index contributed by atoms with van der Waals surface area (Å²) in [5, 5.41) is 20.3. The van der Waals surface area contributed by atoms with E-state index in [0.29, 0.717) is 19.5 Å². The van der Waals surface area contributed by atoms with Gasteiger partial charge in [0.2, 0.25) is 11.8 Å². The van der Waals surface area contributed by atoms with E-state index in [-0.39, 0.29) is 31.6 Å². The van der Waals surface area contributed by atoms with Crippen LogP contribution in [0.25, 0.3) is 0 Å². The van der Waals surface area contributed by atoms with Gasteiger partial charge in [-0.2, -0.15) is 0 Å². The summed E-state index contributed by atoms with van der Waals surface area (Å²) in [6.07, 6.45) is 20.7. The number of hydrogen-bond donors (Lipinski definition) is 3. The number of carbonyl (C=O) groups excluding carboxylic acids is 2. The zero-order valence-corrected chi connectivity index (χ0v) is 19.2. The number of nitrogens with zero attached hydrogens (tertiary/aromatic N) is 1. The van der Waals surface area contributed by atoms with E-state index in [1.54, 1.807) is 4.90 Å². The molecule has 0 saturated heterocycles. The number of aliphatic hydroxyl groups excluding tert-OH is 2. The molecule has 0 aromatic rings. The predicted octanol–water partition coefficient (Wildman–Crippen LogP) is 3.95. The lowest BCUT2D eigenvalue weighted by Crippen LogP contribution is -2.42. The molecule has 6 heteroatoms. The average molecular weight is 427 g/mol. The number of aliphatic hydroxyl groups is 2. The van der Waals surface area contributed by atoms with Crippen LogP contribution in [0.3, 0.4) is 0 Å². The average Bonchev–Trinajstić information content (AvgIpc) is 2.71. The molecule has 6 nitrogen and oxygen atoms in total. The van der Waals surface area contributed by atoms with Crippen LogP contribution in [0.15, 0.2) is 12.2 Å². The molecule has 0 spiro atoms. The Hall–Kier alpha value is -1.24. The standard InChI is InChI=1S/C24H46N2O4/c1-2-3-4-5-6-7-8-9-10-11-12-13-14-15-16-17-23(29)25-24(30)22-26(18-20-27)19-21-28/h9-10,27-28H,2-8,11-22H2,1H3,(H,25,29,30)/b10-9-. The third-order valence-electron chi connectivity index (χ3n) is 5.14. The second kappa shape index (κ2) is 22.4. The Morgan fingerprint density at radius 2 is 1.23 bits per heavy atom. The number of allylic oxidation sites excluding steroid dienone is 2. The summed E-state index contributed by atoms with van der Waals surface area (Å²) < 4.78 is 0. The van der Waals surface area contributed by atoms with Crippen LogP contribution in [0, 0.1) is 0 Å². The topological polar surface area (TPSA) is 89.9 Å². The van der Waals surface area contributed by atoms with Crippen LogP contribution < -0.4 is 5.32 Å². The molecule has 0 aliphatic carbocycles.